The Morgan fingerprint density at radius 2 is 2.00 bits per heavy atom. The summed E-state index contributed by atoms with van der Waals surface area (Å²) in [5.41, 5.74) is 5.58. The number of aryl methyl sites for hydroxylation is 1. The van der Waals surface area contributed by atoms with Crippen LogP contribution < -0.4 is 10.6 Å². The lowest BCUT2D eigenvalue weighted by atomic mass is 10.1. The van der Waals surface area contributed by atoms with E-state index in [0.717, 1.165) is 24.2 Å². The molecule has 0 aromatic heterocycles. The van der Waals surface area contributed by atoms with Crippen molar-refractivity contribution in [3.63, 3.8) is 0 Å². The summed E-state index contributed by atoms with van der Waals surface area (Å²) < 4.78 is 0. The van der Waals surface area contributed by atoms with E-state index < -0.39 is 0 Å². The number of carbonyl (C=O) groups excluding carboxylic acids is 1. The molecule has 1 aliphatic rings. The molecule has 0 atom stereocenters. The third kappa shape index (κ3) is 2.82. The van der Waals surface area contributed by atoms with E-state index in [0.29, 0.717) is 6.42 Å². The van der Waals surface area contributed by atoms with Crippen LogP contribution >= 0.6 is 0 Å². The summed E-state index contributed by atoms with van der Waals surface area (Å²) in [7, 11) is 0. The largest absolute Gasteiger partial charge is 0.384 e. The maximum absolute atomic E-state index is 12.0. The summed E-state index contributed by atoms with van der Waals surface area (Å²) in [5, 5.41) is 6.28. The molecule has 2 aromatic rings. The van der Waals surface area contributed by atoms with E-state index in [2.05, 4.69) is 16.7 Å². The number of amides is 1. The third-order valence-corrected chi connectivity index (χ3v) is 3.58. The van der Waals surface area contributed by atoms with Gasteiger partial charge in [0, 0.05) is 17.9 Å². The number of benzene rings is 2. The fraction of sp³-hybridized carbons (Fsp3) is 0.235. The van der Waals surface area contributed by atoms with E-state index in [4.69, 9.17) is 0 Å². The van der Waals surface area contributed by atoms with Crippen molar-refractivity contribution < 1.29 is 4.79 Å². The molecule has 0 saturated heterocycles. The number of nitrogens with one attached hydrogen (secondary N) is 2. The summed E-state index contributed by atoms with van der Waals surface area (Å²) in [6.07, 6.45) is 1.44. The van der Waals surface area contributed by atoms with Gasteiger partial charge in [-0.05, 0) is 42.7 Å². The zero-order valence-corrected chi connectivity index (χ0v) is 11.6. The summed E-state index contributed by atoms with van der Waals surface area (Å²) in [4.78, 5) is 12.0. The number of anilines is 2. The van der Waals surface area contributed by atoms with Crippen molar-refractivity contribution in [1.29, 1.82) is 0 Å². The smallest absolute Gasteiger partial charge is 0.228 e. The minimum Gasteiger partial charge on any atom is -0.384 e. The molecule has 0 aliphatic carbocycles. The van der Waals surface area contributed by atoms with Gasteiger partial charge < -0.3 is 10.6 Å². The van der Waals surface area contributed by atoms with Crippen molar-refractivity contribution in [2.24, 2.45) is 0 Å². The van der Waals surface area contributed by atoms with E-state index in [1.165, 1.54) is 16.8 Å². The molecule has 1 aliphatic heterocycles. The van der Waals surface area contributed by atoms with Gasteiger partial charge >= 0.3 is 0 Å². The van der Waals surface area contributed by atoms with E-state index in [1.54, 1.807) is 0 Å². The highest BCUT2D eigenvalue weighted by Gasteiger charge is 2.11. The fourth-order valence-electron chi connectivity index (χ4n) is 2.48. The summed E-state index contributed by atoms with van der Waals surface area (Å²) in [6.45, 7) is 3.03. The molecule has 0 saturated carbocycles. The average molecular weight is 266 g/mol. The monoisotopic (exact) mass is 266 g/mol. The average Bonchev–Trinajstić information content (AvgIpc) is 2.89. The van der Waals surface area contributed by atoms with Gasteiger partial charge in [0.15, 0.2) is 0 Å². The predicted molar refractivity (Wildman–Crippen MR) is 82.1 cm³/mol. The predicted octanol–water partition coefficient (Wildman–Crippen LogP) is 3.14. The Hall–Kier alpha value is -2.29. The van der Waals surface area contributed by atoms with Crippen molar-refractivity contribution in [1.82, 2.24) is 0 Å². The van der Waals surface area contributed by atoms with Crippen LogP contribution in [0.25, 0.3) is 0 Å². The SMILES string of the molecule is Cc1ccc(CC(=O)Nc2ccc3c(c2)CCN3)cc1. The zero-order valence-electron chi connectivity index (χ0n) is 11.6. The molecule has 3 rings (SSSR count). The topological polar surface area (TPSA) is 41.1 Å². The Kier molecular flexibility index (Phi) is 3.42. The summed E-state index contributed by atoms with van der Waals surface area (Å²) >= 11 is 0. The Labute approximate surface area is 119 Å². The molecule has 0 radical (unpaired) electrons. The standard InChI is InChI=1S/C17H18N2O/c1-12-2-4-13(5-3-12)10-17(20)19-15-6-7-16-14(11-15)8-9-18-16/h2-7,11,18H,8-10H2,1H3,(H,19,20). The lowest BCUT2D eigenvalue weighted by Crippen LogP contribution is -2.14. The van der Waals surface area contributed by atoms with E-state index in [9.17, 15) is 4.79 Å². The molecule has 0 fully saturated rings. The van der Waals surface area contributed by atoms with Crippen LogP contribution in [-0.4, -0.2) is 12.5 Å². The van der Waals surface area contributed by atoms with Gasteiger partial charge in [-0.25, -0.2) is 0 Å². The second-order valence-corrected chi connectivity index (χ2v) is 5.26. The maximum atomic E-state index is 12.0. The van der Waals surface area contributed by atoms with Crippen molar-refractivity contribution in [2.45, 2.75) is 19.8 Å². The molecule has 3 nitrogen and oxygen atoms in total. The molecule has 2 aromatic carbocycles. The van der Waals surface area contributed by atoms with E-state index in [1.807, 2.05) is 43.3 Å². The molecule has 0 unspecified atom stereocenters. The van der Waals surface area contributed by atoms with Crippen LogP contribution in [0.3, 0.4) is 0 Å². The van der Waals surface area contributed by atoms with Gasteiger partial charge in [0.1, 0.15) is 0 Å². The Balaban J connectivity index is 1.65. The molecule has 0 bridgehead atoms. The fourth-order valence-corrected chi connectivity index (χ4v) is 2.48. The number of hydrogen-bond donors (Lipinski definition) is 2. The van der Waals surface area contributed by atoms with E-state index in [-0.39, 0.29) is 5.91 Å². The van der Waals surface area contributed by atoms with Crippen LogP contribution in [-0.2, 0) is 17.6 Å². The second kappa shape index (κ2) is 5.37. The second-order valence-electron chi connectivity index (χ2n) is 5.26. The number of hydrogen-bond acceptors (Lipinski definition) is 2. The van der Waals surface area contributed by atoms with Gasteiger partial charge in [-0.2, -0.15) is 0 Å². The molecular weight excluding hydrogens is 248 g/mol. The first-order chi connectivity index (χ1) is 9.70. The highest BCUT2D eigenvalue weighted by atomic mass is 16.1. The van der Waals surface area contributed by atoms with Crippen LogP contribution in [0.1, 0.15) is 16.7 Å². The van der Waals surface area contributed by atoms with Gasteiger partial charge in [0.05, 0.1) is 6.42 Å². The Morgan fingerprint density at radius 1 is 1.20 bits per heavy atom. The van der Waals surface area contributed by atoms with Gasteiger partial charge in [-0.1, -0.05) is 29.8 Å². The van der Waals surface area contributed by atoms with Crippen LogP contribution in [0.5, 0.6) is 0 Å². The molecule has 0 spiro atoms. The first-order valence-electron chi connectivity index (χ1n) is 6.93. The minimum absolute atomic E-state index is 0.0276. The molecule has 3 heteroatoms. The molecule has 1 heterocycles. The van der Waals surface area contributed by atoms with Gasteiger partial charge in [-0.3, -0.25) is 4.79 Å². The van der Waals surface area contributed by atoms with Gasteiger partial charge in [0.25, 0.3) is 0 Å². The lowest BCUT2D eigenvalue weighted by Gasteiger charge is -2.07. The van der Waals surface area contributed by atoms with Crippen molar-refractivity contribution in [3.05, 3.63) is 59.2 Å². The number of fused-ring (bicyclic) bond motifs is 1. The van der Waals surface area contributed by atoms with Gasteiger partial charge in [0.2, 0.25) is 5.91 Å². The van der Waals surface area contributed by atoms with Gasteiger partial charge in [-0.15, -0.1) is 0 Å². The number of carbonyl (C=O) groups is 1. The highest BCUT2D eigenvalue weighted by molar-refractivity contribution is 5.92. The minimum atomic E-state index is 0.0276. The van der Waals surface area contributed by atoms with Crippen LogP contribution in [0.2, 0.25) is 0 Å². The van der Waals surface area contributed by atoms with Crippen LogP contribution in [0.4, 0.5) is 11.4 Å². The summed E-state index contributed by atoms with van der Waals surface area (Å²) in [6, 6.07) is 14.1. The molecule has 102 valence electrons. The lowest BCUT2D eigenvalue weighted by molar-refractivity contribution is -0.115. The molecule has 1 amide bonds. The quantitative estimate of drug-likeness (QED) is 0.896. The highest BCUT2D eigenvalue weighted by Crippen LogP contribution is 2.25. The van der Waals surface area contributed by atoms with E-state index >= 15 is 0 Å². The Bertz CT molecular complexity index is 632. The third-order valence-electron chi connectivity index (χ3n) is 3.58. The van der Waals surface area contributed by atoms with Crippen LogP contribution in [0.15, 0.2) is 42.5 Å². The first-order valence-corrected chi connectivity index (χ1v) is 6.93. The van der Waals surface area contributed by atoms with Crippen molar-refractivity contribution in [2.75, 3.05) is 17.2 Å². The number of rotatable bonds is 3. The molecular formula is C17H18N2O. The maximum Gasteiger partial charge on any atom is 0.228 e. The normalized spacial score (nSPS) is 12.7. The molecule has 20 heavy (non-hydrogen) atoms. The molecule has 2 N–H and O–H groups in total. The zero-order chi connectivity index (χ0) is 13.9. The van der Waals surface area contributed by atoms with Crippen molar-refractivity contribution in [3.8, 4) is 0 Å². The Morgan fingerprint density at radius 3 is 2.80 bits per heavy atom. The van der Waals surface area contributed by atoms with Crippen molar-refractivity contribution >= 4 is 17.3 Å². The first kappa shape index (κ1) is 12.7. The van der Waals surface area contributed by atoms with Crippen LogP contribution in [0, 0.1) is 6.92 Å². The summed E-state index contributed by atoms with van der Waals surface area (Å²) in [5.74, 6) is 0.0276.